The molecule has 2 saturated heterocycles. The standard InChI is InChI=1S/C22H24N6O2/c23-11-16-4-7-20(24-12-16)28-17-5-6-18(28)14-27(13-17)21(29)15-30-22(8-2-9-22)19-3-1-10-25-26-19/h1,3-4,7,10,12,17-18H,2,5-6,8-9,13-15H2. The Morgan fingerprint density at radius 3 is 2.60 bits per heavy atom. The zero-order valence-electron chi connectivity index (χ0n) is 16.8. The fraction of sp³-hybridized carbons (Fsp3) is 0.500. The van der Waals surface area contributed by atoms with E-state index in [0.29, 0.717) is 18.7 Å². The van der Waals surface area contributed by atoms with E-state index in [4.69, 9.17) is 10.00 Å². The Bertz CT molecular complexity index is 940. The molecule has 1 saturated carbocycles. The highest BCUT2D eigenvalue weighted by molar-refractivity contribution is 5.78. The molecule has 0 aromatic carbocycles. The molecule has 2 unspecified atom stereocenters. The maximum absolute atomic E-state index is 13.0. The number of rotatable bonds is 5. The highest BCUT2D eigenvalue weighted by Gasteiger charge is 2.44. The largest absolute Gasteiger partial charge is 0.359 e. The van der Waals surface area contributed by atoms with Gasteiger partial charge in [0.1, 0.15) is 24.1 Å². The number of fused-ring (bicyclic) bond motifs is 2. The van der Waals surface area contributed by atoms with Crippen molar-refractivity contribution in [3.63, 3.8) is 0 Å². The minimum absolute atomic E-state index is 0.0366. The lowest BCUT2D eigenvalue weighted by Crippen LogP contribution is -2.56. The van der Waals surface area contributed by atoms with E-state index in [-0.39, 0.29) is 24.6 Å². The quantitative estimate of drug-likeness (QED) is 0.752. The van der Waals surface area contributed by atoms with Crippen LogP contribution >= 0.6 is 0 Å². The van der Waals surface area contributed by atoms with Crippen LogP contribution < -0.4 is 4.90 Å². The molecule has 2 atom stereocenters. The van der Waals surface area contributed by atoms with Gasteiger partial charge in [-0.15, -0.1) is 0 Å². The zero-order chi connectivity index (χ0) is 20.6. The van der Waals surface area contributed by atoms with Crippen LogP contribution in [0.3, 0.4) is 0 Å². The van der Waals surface area contributed by atoms with Gasteiger partial charge in [0.25, 0.3) is 0 Å². The van der Waals surface area contributed by atoms with Gasteiger partial charge in [0.2, 0.25) is 5.91 Å². The lowest BCUT2D eigenvalue weighted by Gasteiger charge is -2.43. The predicted molar refractivity (Wildman–Crippen MR) is 108 cm³/mol. The van der Waals surface area contributed by atoms with Crippen molar-refractivity contribution in [2.45, 2.75) is 49.8 Å². The van der Waals surface area contributed by atoms with Gasteiger partial charge in [-0.05, 0) is 56.4 Å². The molecule has 2 aromatic rings. The Labute approximate surface area is 175 Å². The Balaban J connectivity index is 1.23. The number of piperazine rings is 1. The number of nitriles is 1. The average molecular weight is 404 g/mol. The minimum Gasteiger partial charge on any atom is -0.359 e. The molecular formula is C22H24N6O2. The molecule has 0 radical (unpaired) electrons. The van der Waals surface area contributed by atoms with E-state index in [1.54, 1.807) is 18.5 Å². The van der Waals surface area contributed by atoms with Gasteiger partial charge in [0, 0.05) is 37.6 Å². The summed E-state index contributed by atoms with van der Waals surface area (Å²) in [7, 11) is 0. The van der Waals surface area contributed by atoms with E-state index >= 15 is 0 Å². The SMILES string of the molecule is N#Cc1ccc(N2C3CCC2CN(C(=O)COC2(c4cccnn4)CCC2)C3)nc1. The second kappa shape index (κ2) is 7.65. The van der Waals surface area contributed by atoms with E-state index in [0.717, 1.165) is 43.6 Å². The Kier molecular flexibility index (Phi) is 4.83. The van der Waals surface area contributed by atoms with Crippen LogP contribution in [0.4, 0.5) is 5.82 Å². The molecule has 0 N–H and O–H groups in total. The molecule has 2 aliphatic heterocycles. The van der Waals surface area contributed by atoms with Crippen LogP contribution in [0.15, 0.2) is 36.7 Å². The molecule has 3 fully saturated rings. The first kappa shape index (κ1) is 18.9. The Hall–Kier alpha value is -3.05. The summed E-state index contributed by atoms with van der Waals surface area (Å²) in [5, 5.41) is 17.2. The highest BCUT2D eigenvalue weighted by atomic mass is 16.5. The Morgan fingerprint density at radius 2 is 2.03 bits per heavy atom. The summed E-state index contributed by atoms with van der Waals surface area (Å²) in [5.74, 6) is 0.926. The number of aromatic nitrogens is 3. The normalized spacial score (nSPS) is 24.2. The van der Waals surface area contributed by atoms with Crippen molar-refractivity contribution < 1.29 is 9.53 Å². The number of pyridine rings is 1. The molecule has 2 bridgehead atoms. The third kappa shape index (κ3) is 3.29. The molecule has 2 aromatic heterocycles. The molecule has 8 nitrogen and oxygen atoms in total. The summed E-state index contributed by atoms with van der Waals surface area (Å²) in [5.41, 5.74) is 0.919. The number of likely N-dealkylation sites (tertiary alicyclic amines) is 1. The number of hydrogen-bond acceptors (Lipinski definition) is 7. The van der Waals surface area contributed by atoms with Crippen molar-refractivity contribution in [1.82, 2.24) is 20.1 Å². The lowest BCUT2D eigenvalue weighted by molar-refractivity contribution is -0.155. The van der Waals surface area contributed by atoms with Gasteiger partial charge < -0.3 is 14.5 Å². The lowest BCUT2D eigenvalue weighted by atomic mass is 9.77. The first-order valence-corrected chi connectivity index (χ1v) is 10.5. The smallest absolute Gasteiger partial charge is 0.248 e. The van der Waals surface area contributed by atoms with Crippen LogP contribution in [0.1, 0.15) is 43.4 Å². The third-order valence-corrected chi connectivity index (χ3v) is 6.65. The number of ether oxygens (including phenoxy) is 1. The maximum atomic E-state index is 13.0. The van der Waals surface area contributed by atoms with Crippen molar-refractivity contribution >= 4 is 11.7 Å². The molecule has 1 amide bonds. The predicted octanol–water partition coefficient (Wildman–Crippen LogP) is 2.02. The molecule has 3 aliphatic rings. The van der Waals surface area contributed by atoms with E-state index in [9.17, 15) is 4.79 Å². The van der Waals surface area contributed by atoms with Gasteiger partial charge >= 0.3 is 0 Å². The number of carbonyl (C=O) groups excluding carboxylic acids is 1. The molecular weight excluding hydrogens is 380 g/mol. The summed E-state index contributed by atoms with van der Waals surface area (Å²) < 4.78 is 6.14. The maximum Gasteiger partial charge on any atom is 0.248 e. The number of nitrogens with zero attached hydrogens (tertiary/aromatic N) is 6. The van der Waals surface area contributed by atoms with Crippen molar-refractivity contribution in [2.75, 3.05) is 24.6 Å². The van der Waals surface area contributed by atoms with Crippen LogP contribution in [0, 0.1) is 11.3 Å². The summed E-state index contributed by atoms with van der Waals surface area (Å²) in [4.78, 5) is 21.7. The topological polar surface area (TPSA) is 95.2 Å². The third-order valence-electron chi connectivity index (χ3n) is 6.65. The minimum atomic E-state index is -0.461. The molecule has 0 spiro atoms. The summed E-state index contributed by atoms with van der Waals surface area (Å²) >= 11 is 0. The monoisotopic (exact) mass is 404 g/mol. The van der Waals surface area contributed by atoms with Crippen LogP contribution in [-0.2, 0) is 15.1 Å². The van der Waals surface area contributed by atoms with E-state index in [1.807, 2.05) is 23.1 Å². The van der Waals surface area contributed by atoms with E-state index in [1.165, 1.54) is 0 Å². The van der Waals surface area contributed by atoms with Crippen molar-refractivity contribution in [1.29, 1.82) is 5.26 Å². The van der Waals surface area contributed by atoms with Gasteiger partial charge in [-0.2, -0.15) is 15.5 Å². The number of amides is 1. The Morgan fingerprint density at radius 1 is 1.23 bits per heavy atom. The van der Waals surface area contributed by atoms with Gasteiger partial charge in [-0.25, -0.2) is 4.98 Å². The van der Waals surface area contributed by atoms with Gasteiger partial charge in [0.15, 0.2) is 0 Å². The molecule has 4 heterocycles. The highest BCUT2D eigenvalue weighted by Crippen LogP contribution is 2.43. The first-order chi connectivity index (χ1) is 14.7. The van der Waals surface area contributed by atoms with E-state index < -0.39 is 5.60 Å². The molecule has 30 heavy (non-hydrogen) atoms. The number of carbonyl (C=O) groups is 1. The average Bonchev–Trinajstić information content (AvgIpc) is 3.02. The molecule has 8 heteroatoms. The van der Waals surface area contributed by atoms with Crippen LogP contribution in [0.2, 0.25) is 0 Å². The number of hydrogen-bond donors (Lipinski definition) is 0. The fourth-order valence-electron chi connectivity index (χ4n) is 4.89. The zero-order valence-corrected chi connectivity index (χ0v) is 16.8. The van der Waals surface area contributed by atoms with Crippen molar-refractivity contribution in [2.24, 2.45) is 0 Å². The van der Waals surface area contributed by atoms with Crippen LogP contribution in [-0.4, -0.2) is 57.8 Å². The van der Waals surface area contributed by atoms with Gasteiger partial charge in [-0.1, -0.05) is 0 Å². The second-order valence-corrected chi connectivity index (χ2v) is 8.35. The van der Waals surface area contributed by atoms with Gasteiger partial charge in [-0.3, -0.25) is 4.79 Å². The molecule has 5 rings (SSSR count). The summed E-state index contributed by atoms with van der Waals surface area (Å²) in [6, 6.07) is 10.1. The van der Waals surface area contributed by atoms with E-state index in [2.05, 4.69) is 26.2 Å². The van der Waals surface area contributed by atoms with Crippen LogP contribution in [0.5, 0.6) is 0 Å². The van der Waals surface area contributed by atoms with Crippen LogP contribution in [0.25, 0.3) is 0 Å². The summed E-state index contributed by atoms with van der Waals surface area (Å²) in [6.07, 6.45) is 8.18. The van der Waals surface area contributed by atoms with Crippen molar-refractivity contribution in [3.05, 3.63) is 47.9 Å². The molecule has 1 aliphatic carbocycles. The first-order valence-electron chi connectivity index (χ1n) is 10.5. The second-order valence-electron chi connectivity index (χ2n) is 8.35. The molecule has 154 valence electrons. The fourth-order valence-corrected chi connectivity index (χ4v) is 4.89. The number of anilines is 1. The van der Waals surface area contributed by atoms with Gasteiger partial charge in [0.05, 0.1) is 11.3 Å². The van der Waals surface area contributed by atoms with Crippen molar-refractivity contribution in [3.8, 4) is 6.07 Å². The summed E-state index contributed by atoms with van der Waals surface area (Å²) in [6.45, 7) is 1.43.